The van der Waals surface area contributed by atoms with Gasteiger partial charge in [0.2, 0.25) is 0 Å². The van der Waals surface area contributed by atoms with Gasteiger partial charge in [-0.15, -0.1) is 0 Å². The molecule has 1 saturated carbocycles. The van der Waals surface area contributed by atoms with E-state index in [0.717, 1.165) is 16.8 Å². The number of carbonyl (C=O) groups is 1. The third-order valence-electron chi connectivity index (χ3n) is 9.05. The molecular formula is C22H26N2O4. The number of ether oxygens (including phenoxy) is 1. The van der Waals surface area contributed by atoms with Crippen molar-refractivity contribution in [3.05, 3.63) is 46.7 Å². The van der Waals surface area contributed by atoms with Crippen LogP contribution in [0.4, 0.5) is 5.69 Å². The number of methoxy groups -OCH3 is 1. The minimum atomic E-state index is -1.15. The number of aliphatic hydroxyl groups excluding tert-OH is 1. The number of fused-ring (bicyclic) bond motifs is 2. The minimum absolute atomic E-state index is 0.0939. The fourth-order valence-electron chi connectivity index (χ4n) is 8.27. The molecule has 6 heteroatoms. The second kappa shape index (κ2) is 4.81. The van der Waals surface area contributed by atoms with Crippen molar-refractivity contribution >= 4 is 11.7 Å². The Morgan fingerprint density at radius 1 is 1.43 bits per heavy atom. The van der Waals surface area contributed by atoms with E-state index in [4.69, 9.17) is 4.74 Å². The van der Waals surface area contributed by atoms with Gasteiger partial charge in [-0.05, 0) is 24.1 Å². The molecule has 0 aromatic heterocycles. The lowest BCUT2D eigenvalue weighted by atomic mass is 9.58. The highest BCUT2D eigenvalue weighted by molar-refractivity contribution is 5.83. The molecule has 148 valence electrons. The number of rotatable bonds is 1. The zero-order valence-corrected chi connectivity index (χ0v) is 16.5. The monoisotopic (exact) mass is 382 g/mol. The van der Waals surface area contributed by atoms with E-state index >= 15 is 0 Å². The van der Waals surface area contributed by atoms with E-state index in [1.165, 1.54) is 7.11 Å². The van der Waals surface area contributed by atoms with Crippen LogP contribution in [0.2, 0.25) is 0 Å². The van der Waals surface area contributed by atoms with Crippen LogP contribution in [0, 0.1) is 16.5 Å². The fraction of sp³-hybridized carbons (Fsp3) is 0.591. The highest BCUT2D eigenvalue weighted by atomic mass is 16.6. The van der Waals surface area contributed by atoms with Gasteiger partial charge in [-0.2, -0.15) is 0 Å². The molecule has 5 bridgehead atoms. The summed E-state index contributed by atoms with van der Waals surface area (Å²) in [6, 6.07) is 7.47. The standard InChI is InChI=1S/C22H26N2O4/c1-4-12-11-24(27)16-9-14(12)22(20(26)28-3)17(24)10-21(19(22)25)13-7-5-6-8-15(13)23(2)18(16)21/h4-8,14,16-19,25H,9-11H2,1-3H3/t14-,16-,17-,18+,19?,21+,22+,24?/m0/s1. The van der Waals surface area contributed by atoms with Gasteiger partial charge < -0.3 is 24.6 Å². The number of anilines is 1. The number of carbonyl (C=O) groups excluding carboxylic acids is 1. The van der Waals surface area contributed by atoms with Crippen LogP contribution < -0.4 is 4.90 Å². The van der Waals surface area contributed by atoms with Gasteiger partial charge in [0.05, 0.1) is 24.7 Å². The number of hydrogen-bond acceptors (Lipinski definition) is 5. The summed E-state index contributed by atoms with van der Waals surface area (Å²) < 4.78 is 4.90. The normalized spacial score (nSPS) is 50.8. The van der Waals surface area contributed by atoms with Crippen molar-refractivity contribution in [1.82, 2.24) is 0 Å². The van der Waals surface area contributed by atoms with Gasteiger partial charge in [0.1, 0.15) is 18.6 Å². The Bertz CT molecular complexity index is 946. The first-order valence-electron chi connectivity index (χ1n) is 10.2. The van der Waals surface area contributed by atoms with E-state index in [1.54, 1.807) is 0 Å². The maximum absolute atomic E-state index is 14.4. The Balaban J connectivity index is 1.70. The van der Waals surface area contributed by atoms with Crippen molar-refractivity contribution in [2.75, 3.05) is 25.6 Å². The highest BCUT2D eigenvalue weighted by Crippen LogP contribution is 2.74. The molecule has 0 radical (unpaired) electrons. The first-order valence-corrected chi connectivity index (χ1v) is 10.2. The molecule has 4 saturated heterocycles. The van der Waals surface area contributed by atoms with Gasteiger partial charge in [-0.3, -0.25) is 4.79 Å². The van der Waals surface area contributed by atoms with E-state index in [2.05, 4.69) is 17.0 Å². The summed E-state index contributed by atoms with van der Waals surface area (Å²) in [5.74, 6) is -0.523. The van der Waals surface area contributed by atoms with Crippen molar-refractivity contribution in [3.8, 4) is 0 Å². The van der Waals surface area contributed by atoms with E-state index in [1.807, 2.05) is 32.2 Å². The summed E-state index contributed by atoms with van der Waals surface area (Å²) >= 11 is 0. The zero-order chi connectivity index (χ0) is 19.6. The topological polar surface area (TPSA) is 72.8 Å². The van der Waals surface area contributed by atoms with Crippen molar-refractivity contribution < 1.29 is 19.3 Å². The van der Waals surface area contributed by atoms with Crippen molar-refractivity contribution in [3.63, 3.8) is 0 Å². The number of aliphatic hydroxyl groups is 1. The van der Waals surface area contributed by atoms with Crippen molar-refractivity contribution in [2.45, 2.75) is 49.4 Å². The number of esters is 1. The summed E-state index contributed by atoms with van der Waals surface area (Å²) in [5, 5.41) is 26.4. The van der Waals surface area contributed by atoms with E-state index in [-0.39, 0.29) is 18.0 Å². The number of para-hydroxylation sites is 1. The molecule has 8 atom stereocenters. The maximum Gasteiger partial charge on any atom is 0.321 e. The molecule has 1 aliphatic carbocycles. The first kappa shape index (κ1) is 17.0. The van der Waals surface area contributed by atoms with Crippen LogP contribution in [0.25, 0.3) is 0 Å². The summed E-state index contributed by atoms with van der Waals surface area (Å²) in [6.07, 6.45) is 2.25. The van der Waals surface area contributed by atoms with Crippen LogP contribution in [0.1, 0.15) is 25.3 Å². The van der Waals surface area contributed by atoms with E-state index in [9.17, 15) is 15.1 Å². The molecule has 5 aliphatic heterocycles. The molecule has 28 heavy (non-hydrogen) atoms. The number of quaternary nitrogens is 1. The van der Waals surface area contributed by atoms with E-state index in [0.29, 0.717) is 19.4 Å². The molecule has 5 heterocycles. The molecule has 6 aliphatic rings. The number of piperidine rings is 4. The third-order valence-corrected chi connectivity index (χ3v) is 9.05. The molecule has 1 N–H and O–H groups in total. The molecule has 6 nitrogen and oxygen atoms in total. The van der Waals surface area contributed by atoms with E-state index < -0.39 is 33.6 Å². The second-order valence-corrected chi connectivity index (χ2v) is 9.39. The minimum Gasteiger partial charge on any atom is -0.632 e. The SMILES string of the molecule is CC=C1C[N+]2([O-])[C@H]3C[C@@H]1[C@]1(C(=O)OC)C(O)[C@]4(C[C@@H]12)c1ccccc1N(C)[C@H]34. The van der Waals surface area contributed by atoms with Crippen LogP contribution in [-0.2, 0) is 14.9 Å². The van der Waals surface area contributed by atoms with Crippen LogP contribution in [0.5, 0.6) is 0 Å². The quantitative estimate of drug-likeness (QED) is 0.347. The third kappa shape index (κ3) is 1.37. The number of hydrogen-bond donors (Lipinski definition) is 1. The average molecular weight is 382 g/mol. The molecule has 1 aromatic carbocycles. The molecule has 0 amide bonds. The molecule has 7 rings (SSSR count). The predicted octanol–water partition coefficient (Wildman–Crippen LogP) is 1.71. The molecule has 1 spiro atoms. The highest BCUT2D eigenvalue weighted by Gasteiger charge is 2.87. The van der Waals surface area contributed by atoms with Gasteiger partial charge in [-0.1, -0.05) is 24.3 Å². The summed E-state index contributed by atoms with van der Waals surface area (Å²) in [7, 11) is 3.43. The van der Waals surface area contributed by atoms with Crippen LogP contribution in [0.3, 0.4) is 0 Å². The summed E-state index contributed by atoms with van der Waals surface area (Å²) in [6.45, 7) is 2.37. The fourth-order valence-corrected chi connectivity index (χ4v) is 8.27. The van der Waals surface area contributed by atoms with Crippen molar-refractivity contribution in [1.29, 1.82) is 0 Å². The Morgan fingerprint density at radius 3 is 2.89 bits per heavy atom. The van der Waals surface area contributed by atoms with Gasteiger partial charge in [0, 0.05) is 31.5 Å². The Labute approximate surface area is 164 Å². The van der Waals surface area contributed by atoms with Gasteiger partial charge >= 0.3 is 5.97 Å². The van der Waals surface area contributed by atoms with Gasteiger partial charge in [0.25, 0.3) is 0 Å². The summed E-state index contributed by atoms with van der Waals surface area (Å²) in [5.41, 5.74) is 1.44. The average Bonchev–Trinajstić information content (AvgIpc) is 3.08. The smallest absolute Gasteiger partial charge is 0.321 e. The van der Waals surface area contributed by atoms with Crippen LogP contribution in [-0.4, -0.2) is 60.7 Å². The summed E-state index contributed by atoms with van der Waals surface area (Å²) in [4.78, 5) is 15.6. The Morgan fingerprint density at radius 2 is 2.18 bits per heavy atom. The number of benzene rings is 1. The number of likely N-dealkylation sites (N-methyl/N-ethyl adjacent to an activating group) is 1. The number of allylic oxidation sites excluding steroid dienone is 1. The lowest BCUT2D eigenvalue weighted by molar-refractivity contribution is -0.950. The first-order chi connectivity index (χ1) is 13.4. The lowest BCUT2D eigenvalue weighted by Crippen LogP contribution is -2.79. The number of nitrogens with zero attached hydrogens (tertiary/aromatic N) is 2. The molecule has 5 fully saturated rings. The lowest BCUT2D eigenvalue weighted by Gasteiger charge is -2.69. The molecule has 1 aromatic rings. The number of hydroxylamine groups is 3. The van der Waals surface area contributed by atoms with Gasteiger partial charge in [0.15, 0.2) is 5.41 Å². The Kier molecular flexibility index (Phi) is 2.92. The van der Waals surface area contributed by atoms with Crippen LogP contribution in [0.15, 0.2) is 35.9 Å². The predicted molar refractivity (Wildman–Crippen MR) is 103 cm³/mol. The Hall–Kier alpha value is -1.89. The second-order valence-electron chi connectivity index (χ2n) is 9.39. The molecule has 2 unspecified atom stereocenters. The van der Waals surface area contributed by atoms with Crippen LogP contribution >= 0.6 is 0 Å². The molecular weight excluding hydrogens is 356 g/mol. The maximum atomic E-state index is 14.4. The largest absolute Gasteiger partial charge is 0.632 e. The van der Waals surface area contributed by atoms with Crippen molar-refractivity contribution in [2.24, 2.45) is 11.3 Å². The van der Waals surface area contributed by atoms with Gasteiger partial charge in [-0.25, -0.2) is 0 Å². The zero-order valence-electron chi connectivity index (χ0n) is 16.5.